The van der Waals surface area contributed by atoms with Crippen molar-refractivity contribution in [3.05, 3.63) is 51.7 Å². The molecule has 0 saturated carbocycles. The highest BCUT2D eigenvalue weighted by atomic mass is 79.9. The molecular formula is C12H7BrClN3O2S. The summed E-state index contributed by atoms with van der Waals surface area (Å²) in [6.45, 7) is 0. The Bertz CT molecular complexity index is 785. The maximum absolute atomic E-state index is 12.1. The van der Waals surface area contributed by atoms with Gasteiger partial charge in [-0.1, -0.05) is 11.6 Å². The van der Waals surface area contributed by atoms with Gasteiger partial charge in [0.25, 0.3) is 10.0 Å². The van der Waals surface area contributed by atoms with Gasteiger partial charge >= 0.3 is 0 Å². The molecule has 2 aromatic rings. The predicted octanol–water partition coefficient (Wildman–Crippen LogP) is 3.17. The lowest BCUT2D eigenvalue weighted by molar-refractivity contribution is 0.601. The minimum Gasteiger partial charge on any atom is -0.278 e. The third-order valence-electron chi connectivity index (χ3n) is 2.34. The first-order chi connectivity index (χ1) is 9.42. The van der Waals surface area contributed by atoms with Crippen molar-refractivity contribution in [2.24, 2.45) is 0 Å². The summed E-state index contributed by atoms with van der Waals surface area (Å²) in [7, 11) is -3.73. The van der Waals surface area contributed by atoms with Crippen molar-refractivity contribution in [2.45, 2.75) is 4.90 Å². The largest absolute Gasteiger partial charge is 0.278 e. The minimum absolute atomic E-state index is 0.0579. The minimum atomic E-state index is -3.73. The second kappa shape index (κ2) is 5.79. The highest BCUT2D eigenvalue weighted by Crippen LogP contribution is 2.24. The normalized spacial score (nSPS) is 10.8. The van der Waals surface area contributed by atoms with E-state index in [-0.39, 0.29) is 15.7 Å². The number of rotatable bonds is 3. The van der Waals surface area contributed by atoms with Gasteiger partial charge < -0.3 is 0 Å². The molecule has 2 rings (SSSR count). The average Bonchev–Trinajstić information content (AvgIpc) is 2.43. The Labute approximate surface area is 129 Å². The topological polar surface area (TPSA) is 82.8 Å². The van der Waals surface area contributed by atoms with Crippen molar-refractivity contribution in [3.63, 3.8) is 0 Å². The number of nitrogens with one attached hydrogen (secondary N) is 1. The van der Waals surface area contributed by atoms with Crippen molar-refractivity contribution >= 4 is 43.2 Å². The third kappa shape index (κ3) is 3.28. The van der Waals surface area contributed by atoms with Gasteiger partial charge in [-0.15, -0.1) is 0 Å². The van der Waals surface area contributed by atoms with Gasteiger partial charge in [0, 0.05) is 0 Å². The molecule has 1 N–H and O–H groups in total. The zero-order valence-corrected chi connectivity index (χ0v) is 13.0. The highest BCUT2D eigenvalue weighted by Gasteiger charge is 2.14. The zero-order chi connectivity index (χ0) is 14.8. The SMILES string of the molecule is N#Cc1ccc(S(=O)(=O)Nc2cnc(Cl)c(Br)c2)cc1. The van der Waals surface area contributed by atoms with Crippen LogP contribution < -0.4 is 4.72 Å². The van der Waals surface area contributed by atoms with E-state index in [0.29, 0.717) is 10.0 Å². The summed E-state index contributed by atoms with van der Waals surface area (Å²) in [5, 5.41) is 8.92. The molecule has 1 aromatic heterocycles. The van der Waals surface area contributed by atoms with Crippen molar-refractivity contribution in [1.29, 1.82) is 5.26 Å². The molecule has 0 atom stereocenters. The first-order valence-corrected chi connectivity index (χ1v) is 7.92. The first-order valence-electron chi connectivity index (χ1n) is 5.26. The number of anilines is 1. The number of hydrogen-bond acceptors (Lipinski definition) is 4. The van der Waals surface area contributed by atoms with Gasteiger partial charge in [0.2, 0.25) is 0 Å². The lowest BCUT2D eigenvalue weighted by Gasteiger charge is -2.08. The molecule has 8 heteroatoms. The number of hydrogen-bond donors (Lipinski definition) is 1. The van der Waals surface area contributed by atoms with E-state index in [4.69, 9.17) is 16.9 Å². The molecule has 0 bridgehead atoms. The zero-order valence-electron chi connectivity index (χ0n) is 9.84. The first kappa shape index (κ1) is 14.8. The molecule has 5 nitrogen and oxygen atoms in total. The smallest absolute Gasteiger partial charge is 0.261 e. The number of nitriles is 1. The van der Waals surface area contributed by atoms with Gasteiger partial charge in [-0.2, -0.15) is 5.26 Å². The monoisotopic (exact) mass is 371 g/mol. The maximum atomic E-state index is 12.1. The standard InChI is InChI=1S/C12H7BrClN3O2S/c13-11-5-9(7-16-12(11)14)17-20(18,19)10-3-1-8(6-15)2-4-10/h1-5,7,17H. The number of benzene rings is 1. The Balaban J connectivity index is 2.30. The van der Waals surface area contributed by atoms with Gasteiger partial charge in [-0.3, -0.25) is 4.72 Å². The molecule has 0 aliphatic heterocycles. The second-order valence-electron chi connectivity index (χ2n) is 3.74. The fourth-order valence-electron chi connectivity index (χ4n) is 1.40. The Morgan fingerprint density at radius 3 is 2.50 bits per heavy atom. The fraction of sp³-hybridized carbons (Fsp3) is 0. The molecule has 1 aromatic carbocycles. The van der Waals surface area contributed by atoms with Crippen molar-refractivity contribution in [2.75, 3.05) is 4.72 Å². The van der Waals surface area contributed by atoms with Gasteiger partial charge in [-0.25, -0.2) is 13.4 Å². The van der Waals surface area contributed by atoms with Crippen molar-refractivity contribution in [1.82, 2.24) is 4.98 Å². The summed E-state index contributed by atoms with van der Waals surface area (Å²) in [5.41, 5.74) is 0.672. The molecule has 0 aliphatic rings. The number of aromatic nitrogens is 1. The summed E-state index contributed by atoms with van der Waals surface area (Å²) in [6, 6.07) is 9.02. The number of nitrogens with zero attached hydrogens (tertiary/aromatic N) is 2. The molecule has 1 heterocycles. The summed E-state index contributed by atoms with van der Waals surface area (Å²) < 4.78 is 27.1. The maximum Gasteiger partial charge on any atom is 0.261 e. The Morgan fingerprint density at radius 2 is 1.95 bits per heavy atom. The van der Waals surface area contributed by atoms with Gasteiger partial charge in [-0.05, 0) is 46.3 Å². The summed E-state index contributed by atoms with van der Waals surface area (Å²) in [4.78, 5) is 3.89. The van der Waals surface area contributed by atoms with Crippen LogP contribution in [0.1, 0.15) is 5.56 Å². The molecule has 0 saturated heterocycles. The molecule has 20 heavy (non-hydrogen) atoms. The highest BCUT2D eigenvalue weighted by molar-refractivity contribution is 9.10. The Kier molecular flexibility index (Phi) is 4.28. The van der Waals surface area contributed by atoms with Crippen LogP contribution in [-0.4, -0.2) is 13.4 Å². The van der Waals surface area contributed by atoms with E-state index in [1.54, 1.807) is 0 Å². The van der Waals surface area contributed by atoms with Crippen LogP contribution in [0.15, 0.2) is 45.9 Å². The summed E-state index contributed by atoms with van der Waals surface area (Å²) in [5.74, 6) is 0. The van der Waals surface area contributed by atoms with Crippen LogP contribution in [0.25, 0.3) is 0 Å². The van der Waals surface area contributed by atoms with Crippen LogP contribution in [0.5, 0.6) is 0 Å². The van der Waals surface area contributed by atoms with Crippen LogP contribution in [0, 0.1) is 11.3 Å². The van der Waals surface area contributed by atoms with Crippen LogP contribution in [0.4, 0.5) is 5.69 Å². The molecule has 102 valence electrons. The molecule has 0 unspecified atom stereocenters. The lowest BCUT2D eigenvalue weighted by atomic mass is 10.2. The Morgan fingerprint density at radius 1 is 1.30 bits per heavy atom. The molecule has 0 radical (unpaired) electrons. The second-order valence-corrected chi connectivity index (χ2v) is 6.63. The molecule has 0 amide bonds. The molecule has 0 spiro atoms. The number of sulfonamides is 1. The molecular weight excluding hydrogens is 366 g/mol. The average molecular weight is 373 g/mol. The van der Waals surface area contributed by atoms with Crippen molar-refractivity contribution in [3.8, 4) is 6.07 Å². The number of halogens is 2. The Hall–Kier alpha value is -1.62. The molecule has 0 fully saturated rings. The quantitative estimate of drug-likeness (QED) is 0.839. The van der Waals surface area contributed by atoms with E-state index in [2.05, 4.69) is 25.6 Å². The van der Waals surface area contributed by atoms with Crippen LogP contribution in [0.2, 0.25) is 5.15 Å². The van der Waals surface area contributed by atoms with Gasteiger partial charge in [0.15, 0.2) is 0 Å². The lowest BCUT2D eigenvalue weighted by Crippen LogP contribution is -2.13. The van der Waals surface area contributed by atoms with Crippen molar-refractivity contribution < 1.29 is 8.42 Å². The number of pyridine rings is 1. The van der Waals surface area contributed by atoms with E-state index >= 15 is 0 Å². The van der Waals surface area contributed by atoms with E-state index < -0.39 is 10.0 Å². The van der Waals surface area contributed by atoms with Gasteiger partial charge in [0.1, 0.15) is 5.15 Å². The van der Waals surface area contributed by atoms with E-state index in [9.17, 15) is 8.42 Å². The summed E-state index contributed by atoms with van der Waals surface area (Å²) in [6.07, 6.45) is 1.31. The third-order valence-corrected chi connectivity index (χ3v) is 4.87. The van der Waals surface area contributed by atoms with Gasteiger partial charge in [0.05, 0.1) is 32.9 Å². The van der Waals surface area contributed by atoms with Crippen LogP contribution in [0.3, 0.4) is 0 Å². The van der Waals surface area contributed by atoms with Crippen LogP contribution in [-0.2, 0) is 10.0 Å². The van der Waals surface area contributed by atoms with E-state index in [1.165, 1.54) is 36.5 Å². The molecule has 0 aliphatic carbocycles. The van der Waals surface area contributed by atoms with Crippen LogP contribution >= 0.6 is 27.5 Å². The predicted molar refractivity (Wildman–Crippen MR) is 78.9 cm³/mol. The van der Waals surface area contributed by atoms with E-state index in [1.807, 2.05) is 6.07 Å². The van der Waals surface area contributed by atoms with E-state index in [0.717, 1.165) is 0 Å². The fourth-order valence-corrected chi connectivity index (χ4v) is 2.89. The summed E-state index contributed by atoms with van der Waals surface area (Å²) >= 11 is 8.90.